The van der Waals surface area contributed by atoms with Crippen LogP contribution in [-0.2, 0) is 0 Å². The van der Waals surface area contributed by atoms with E-state index in [0.717, 1.165) is 0 Å². The van der Waals surface area contributed by atoms with Gasteiger partial charge in [-0.1, -0.05) is 11.6 Å². The van der Waals surface area contributed by atoms with E-state index in [2.05, 4.69) is 0 Å². The van der Waals surface area contributed by atoms with Crippen molar-refractivity contribution in [1.29, 1.82) is 0 Å². The molecule has 0 aliphatic carbocycles. The van der Waals surface area contributed by atoms with Gasteiger partial charge >= 0.3 is 0 Å². The topological polar surface area (TPSA) is 26.3 Å². The second kappa shape index (κ2) is 4.68. The first-order chi connectivity index (χ1) is 7.72. The van der Waals surface area contributed by atoms with Gasteiger partial charge in [-0.25, -0.2) is 0 Å². The molecule has 0 amide bonds. The third-order valence-electron chi connectivity index (χ3n) is 2.19. The van der Waals surface area contributed by atoms with Crippen molar-refractivity contribution in [3.05, 3.63) is 51.2 Å². The molecule has 2 aromatic rings. The van der Waals surface area contributed by atoms with Crippen molar-refractivity contribution in [3.8, 4) is 5.75 Å². The lowest BCUT2D eigenvalue weighted by molar-refractivity contribution is 0.103. The van der Waals surface area contributed by atoms with Crippen LogP contribution >= 0.6 is 22.9 Å². The summed E-state index contributed by atoms with van der Waals surface area (Å²) in [6.45, 7) is 0. The molecule has 0 spiro atoms. The number of rotatable bonds is 3. The third kappa shape index (κ3) is 2.10. The number of hydrogen-bond donors (Lipinski definition) is 0. The first-order valence-electron chi connectivity index (χ1n) is 4.63. The van der Waals surface area contributed by atoms with Gasteiger partial charge in [0.15, 0.2) is 5.78 Å². The Kier molecular flexibility index (Phi) is 3.27. The highest BCUT2D eigenvalue weighted by atomic mass is 35.5. The lowest BCUT2D eigenvalue weighted by Crippen LogP contribution is -2.02. The first kappa shape index (κ1) is 11.2. The lowest BCUT2D eigenvalue weighted by Gasteiger charge is -2.06. The molecule has 0 atom stereocenters. The van der Waals surface area contributed by atoms with E-state index in [1.165, 1.54) is 18.4 Å². The standard InChI is InChI=1S/C12H9ClO2S/c1-15-11-6-9(13)2-3-10(11)12(14)8-4-5-16-7-8/h2-7H,1H3. The first-order valence-corrected chi connectivity index (χ1v) is 5.95. The fourth-order valence-electron chi connectivity index (χ4n) is 1.40. The van der Waals surface area contributed by atoms with E-state index in [0.29, 0.717) is 21.9 Å². The Morgan fingerprint density at radius 3 is 2.81 bits per heavy atom. The molecule has 1 aromatic heterocycles. The van der Waals surface area contributed by atoms with Crippen molar-refractivity contribution in [1.82, 2.24) is 0 Å². The van der Waals surface area contributed by atoms with Crippen molar-refractivity contribution in [2.24, 2.45) is 0 Å². The van der Waals surface area contributed by atoms with E-state index < -0.39 is 0 Å². The molecule has 0 N–H and O–H groups in total. The highest BCUT2D eigenvalue weighted by molar-refractivity contribution is 7.08. The summed E-state index contributed by atoms with van der Waals surface area (Å²) in [7, 11) is 1.52. The Morgan fingerprint density at radius 1 is 1.38 bits per heavy atom. The van der Waals surface area contributed by atoms with E-state index in [4.69, 9.17) is 16.3 Å². The molecule has 2 rings (SSSR count). The van der Waals surface area contributed by atoms with E-state index in [1.807, 2.05) is 10.8 Å². The summed E-state index contributed by atoms with van der Waals surface area (Å²) in [5.74, 6) is 0.457. The molecular formula is C12H9ClO2S. The highest BCUT2D eigenvalue weighted by Gasteiger charge is 2.14. The average Bonchev–Trinajstić information content (AvgIpc) is 2.81. The minimum Gasteiger partial charge on any atom is -0.496 e. The van der Waals surface area contributed by atoms with E-state index in [1.54, 1.807) is 24.3 Å². The smallest absolute Gasteiger partial charge is 0.197 e. The number of carbonyl (C=O) groups is 1. The summed E-state index contributed by atoms with van der Waals surface area (Å²) in [5.41, 5.74) is 1.20. The van der Waals surface area contributed by atoms with Crippen LogP contribution in [0.25, 0.3) is 0 Å². The van der Waals surface area contributed by atoms with Gasteiger partial charge in [-0.15, -0.1) is 0 Å². The largest absolute Gasteiger partial charge is 0.496 e. The molecule has 4 heteroatoms. The van der Waals surface area contributed by atoms with Crippen LogP contribution in [0, 0.1) is 0 Å². The predicted octanol–water partition coefficient (Wildman–Crippen LogP) is 3.64. The number of benzene rings is 1. The number of methoxy groups -OCH3 is 1. The molecule has 0 bridgehead atoms. The average molecular weight is 253 g/mol. The number of thiophene rings is 1. The molecule has 0 saturated heterocycles. The summed E-state index contributed by atoms with van der Waals surface area (Å²) in [4.78, 5) is 12.1. The molecule has 82 valence electrons. The minimum absolute atomic E-state index is 0.0465. The van der Waals surface area contributed by atoms with Gasteiger partial charge in [0.2, 0.25) is 0 Å². The predicted molar refractivity (Wildman–Crippen MR) is 65.8 cm³/mol. The van der Waals surface area contributed by atoms with Crippen molar-refractivity contribution < 1.29 is 9.53 Å². The van der Waals surface area contributed by atoms with Crippen LogP contribution in [-0.4, -0.2) is 12.9 Å². The fraction of sp³-hybridized carbons (Fsp3) is 0.0833. The highest BCUT2D eigenvalue weighted by Crippen LogP contribution is 2.25. The van der Waals surface area contributed by atoms with E-state index in [9.17, 15) is 4.79 Å². The molecule has 0 radical (unpaired) electrons. The number of ether oxygens (including phenoxy) is 1. The SMILES string of the molecule is COc1cc(Cl)ccc1C(=O)c1ccsc1. The van der Waals surface area contributed by atoms with Gasteiger partial charge < -0.3 is 4.74 Å². The summed E-state index contributed by atoms with van der Waals surface area (Å²) in [6.07, 6.45) is 0. The second-order valence-electron chi connectivity index (χ2n) is 3.19. The van der Waals surface area contributed by atoms with Crippen LogP contribution in [0.15, 0.2) is 35.0 Å². The lowest BCUT2D eigenvalue weighted by atomic mass is 10.1. The van der Waals surface area contributed by atoms with Gasteiger partial charge in [0.05, 0.1) is 12.7 Å². The summed E-state index contributed by atoms with van der Waals surface area (Å²) >= 11 is 7.33. The normalized spacial score (nSPS) is 10.1. The van der Waals surface area contributed by atoms with Crippen molar-refractivity contribution in [2.75, 3.05) is 7.11 Å². The van der Waals surface area contributed by atoms with Gasteiger partial charge in [0, 0.05) is 16.0 Å². The van der Waals surface area contributed by atoms with Gasteiger partial charge in [-0.3, -0.25) is 4.79 Å². The van der Waals surface area contributed by atoms with Crippen molar-refractivity contribution >= 4 is 28.7 Å². The maximum atomic E-state index is 12.1. The Hall–Kier alpha value is -1.32. The maximum absolute atomic E-state index is 12.1. The van der Waals surface area contributed by atoms with Gasteiger partial charge in [0.1, 0.15) is 5.75 Å². The second-order valence-corrected chi connectivity index (χ2v) is 4.40. The molecule has 0 unspecified atom stereocenters. The molecule has 0 fully saturated rings. The molecule has 2 nitrogen and oxygen atoms in total. The maximum Gasteiger partial charge on any atom is 0.197 e. The zero-order valence-electron chi connectivity index (χ0n) is 8.57. The van der Waals surface area contributed by atoms with Crippen LogP contribution in [0.4, 0.5) is 0 Å². The molecular weight excluding hydrogens is 244 g/mol. The molecule has 1 heterocycles. The van der Waals surface area contributed by atoms with Gasteiger partial charge in [-0.2, -0.15) is 11.3 Å². The van der Waals surface area contributed by atoms with Crippen molar-refractivity contribution in [3.63, 3.8) is 0 Å². The van der Waals surface area contributed by atoms with Crippen LogP contribution in [0.1, 0.15) is 15.9 Å². The van der Waals surface area contributed by atoms with Gasteiger partial charge in [0.25, 0.3) is 0 Å². The Bertz CT molecular complexity index is 506. The minimum atomic E-state index is -0.0465. The Labute approximate surface area is 102 Å². The van der Waals surface area contributed by atoms with Crippen LogP contribution in [0.2, 0.25) is 5.02 Å². The zero-order valence-corrected chi connectivity index (χ0v) is 10.1. The van der Waals surface area contributed by atoms with Crippen molar-refractivity contribution in [2.45, 2.75) is 0 Å². The number of hydrogen-bond acceptors (Lipinski definition) is 3. The molecule has 16 heavy (non-hydrogen) atoms. The molecule has 1 aromatic carbocycles. The molecule has 0 saturated carbocycles. The van der Waals surface area contributed by atoms with E-state index >= 15 is 0 Å². The summed E-state index contributed by atoms with van der Waals surface area (Å²) in [5, 5.41) is 4.24. The molecule has 0 aliphatic rings. The van der Waals surface area contributed by atoms with Crippen LogP contribution < -0.4 is 4.74 Å². The quantitative estimate of drug-likeness (QED) is 0.780. The van der Waals surface area contributed by atoms with E-state index in [-0.39, 0.29) is 5.78 Å². The number of ketones is 1. The van der Waals surface area contributed by atoms with Crippen LogP contribution in [0.5, 0.6) is 5.75 Å². The molecule has 0 aliphatic heterocycles. The fourth-order valence-corrected chi connectivity index (χ4v) is 2.20. The van der Waals surface area contributed by atoms with Crippen LogP contribution in [0.3, 0.4) is 0 Å². The summed E-state index contributed by atoms with van der Waals surface area (Å²) < 4.78 is 5.14. The Balaban J connectivity index is 2.44. The number of carbonyl (C=O) groups excluding carboxylic acids is 1. The third-order valence-corrected chi connectivity index (χ3v) is 3.11. The zero-order chi connectivity index (χ0) is 11.5. The Morgan fingerprint density at radius 2 is 2.19 bits per heavy atom. The number of halogens is 1. The monoisotopic (exact) mass is 252 g/mol. The summed E-state index contributed by atoms with van der Waals surface area (Å²) in [6, 6.07) is 6.80. The van der Waals surface area contributed by atoms with Gasteiger partial charge in [-0.05, 0) is 29.6 Å².